The summed E-state index contributed by atoms with van der Waals surface area (Å²) in [7, 11) is 0. The molecule has 2 N–H and O–H groups in total. The molecular weight excluding hydrogens is 363 g/mol. The number of para-hydroxylation sites is 2. The molecule has 0 saturated carbocycles. The smallest absolute Gasteiger partial charge is 0.326 e. The number of amides is 4. The van der Waals surface area contributed by atoms with Gasteiger partial charge in [0.05, 0.1) is 11.4 Å². The van der Waals surface area contributed by atoms with Crippen LogP contribution in [0.1, 0.15) is 13.3 Å². The standard InChI is InChI=1S/C20H21FN4O3/c1-2-11-22-18(26)12-24-16-5-3-4-6-17(16)25(13-19(24)27)20(28)23-15-9-7-14(21)8-10-15/h3-10H,2,11-13H2,1H3,(H,22,26)(H,23,28). The van der Waals surface area contributed by atoms with Crippen LogP contribution in [0.25, 0.3) is 0 Å². The van der Waals surface area contributed by atoms with Crippen molar-refractivity contribution in [1.29, 1.82) is 0 Å². The number of nitrogens with one attached hydrogen (secondary N) is 2. The number of fused-ring (bicyclic) bond motifs is 1. The average molecular weight is 384 g/mol. The molecule has 0 fully saturated rings. The van der Waals surface area contributed by atoms with Gasteiger partial charge in [0, 0.05) is 12.2 Å². The van der Waals surface area contributed by atoms with Crippen LogP contribution in [0.4, 0.5) is 26.2 Å². The lowest BCUT2D eigenvalue weighted by atomic mass is 10.1. The molecule has 1 aliphatic heterocycles. The molecule has 0 aliphatic carbocycles. The van der Waals surface area contributed by atoms with Crippen LogP contribution in [0, 0.1) is 5.82 Å². The molecule has 1 heterocycles. The van der Waals surface area contributed by atoms with E-state index in [-0.39, 0.29) is 24.9 Å². The highest BCUT2D eigenvalue weighted by atomic mass is 19.1. The molecule has 1 aliphatic rings. The number of nitrogens with zero attached hydrogens (tertiary/aromatic N) is 2. The maximum Gasteiger partial charge on any atom is 0.326 e. The molecule has 0 bridgehead atoms. The Labute approximate surface area is 162 Å². The summed E-state index contributed by atoms with van der Waals surface area (Å²) in [5, 5.41) is 5.40. The van der Waals surface area contributed by atoms with Crippen molar-refractivity contribution < 1.29 is 18.8 Å². The molecule has 0 saturated heterocycles. The summed E-state index contributed by atoms with van der Waals surface area (Å²) >= 11 is 0. The Morgan fingerprint density at radius 3 is 2.43 bits per heavy atom. The van der Waals surface area contributed by atoms with Gasteiger partial charge in [0.25, 0.3) is 0 Å². The summed E-state index contributed by atoms with van der Waals surface area (Å²) in [6, 6.07) is 11.7. The molecule has 28 heavy (non-hydrogen) atoms. The van der Waals surface area contributed by atoms with Crippen LogP contribution in [-0.2, 0) is 9.59 Å². The summed E-state index contributed by atoms with van der Waals surface area (Å²) < 4.78 is 13.0. The predicted molar refractivity (Wildman–Crippen MR) is 105 cm³/mol. The quantitative estimate of drug-likeness (QED) is 0.832. The number of carbonyl (C=O) groups is 3. The third kappa shape index (κ3) is 4.28. The number of anilines is 3. The van der Waals surface area contributed by atoms with Gasteiger partial charge in [-0.25, -0.2) is 9.18 Å². The van der Waals surface area contributed by atoms with Crippen LogP contribution in [0.15, 0.2) is 48.5 Å². The fraction of sp³-hybridized carbons (Fsp3) is 0.250. The lowest BCUT2D eigenvalue weighted by molar-refractivity contribution is -0.123. The lowest BCUT2D eigenvalue weighted by Gasteiger charge is -2.35. The highest BCUT2D eigenvalue weighted by Crippen LogP contribution is 2.33. The van der Waals surface area contributed by atoms with Crippen molar-refractivity contribution in [2.24, 2.45) is 0 Å². The van der Waals surface area contributed by atoms with E-state index < -0.39 is 11.8 Å². The van der Waals surface area contributed by atoms with E-state index in [9.17, 15) is 18.8 Å². The van der Waals surface area contributed by atoms with Crippen molar-refractivity contribution in [3.05, 3.63) is 54.3 Å². The first-order chi connectivity index (χ1) is 13.5. The number of carbonyl (C=O) groups excluding carboxylic acids is 3. The summed E-state index contributed by atoms with van der Waals surface area (Å²) in [6.07, 6.45) is 0.799. The second-order valence-electron chi connectivity index (χ2n) is 6.34. The van der Waals surface area contributed by atoms with E-state index in [1.807, 2.05) is 6.92 Å². The van der Waals surface area contributed by atoms with E-state index in [2.05, 4.69) is 10.6 Å². The third-order valence-electron chi connectivity index (χ3n) is 4.27. The van der Waals surface area contributed by atoms with Gasteiger partial charge < -0.3 is 10.6 Å². The van der Waals surface area contributed by atoms with Gasteiger partial charge in [-0.1, -0.05) is 19.1 Å². The Morgan fingerprint density at radius 2 is 1.75 bits per heavy atom. The van der Waals surface area contributed by atoms with Crippen molar-refractivity contribution in [3.8, 4) is 0 Å². The summed E-state index contributed by atoms with van der Waals surface area (Å²) in [5.74, 6) is -1.03. The van der Waals surface area contributed by atoms with Crippen molar-refractivity contribution in [2.75, 3.05) is 34.8 Å². The molecule has 0 atom stereocenters. The van der Waals surface area contributed by atoms with Crippen LogP contribution < -0.4 is 20.4 Å². The first kappa shape index (κ1) is 19.3. The molecule has 0 unspecified atom stereocenters. The van der Waals surface area contributed by atoms with Crippen molar-refractivity contribution in [2.45, 2.75) is 13.3 Å². The molecule has 4 amide bonds. The van der Waals surface area contributed by atoms with Gasteiger partial charge in [-0.15, -0.1) is 0 Å². The molecule has 0 radical (unpaired) electrons. The number of hydrogen-bond acceptors (Lipinski definition) is 3. The van der Waals surface area contributed by atoms with Crippen LogP contribution >= 0.6 is 0 Å². The number of urea groups is 1. The zero-order valence-corrected chi connectivity index (χ0v) is 15.4. The Balaban J connectivity index is 1.81. The van der Waals surface area contributed by atoms with E-state index in [1.165, 1.54) is 34.1 Å². The van der Waals surface area contributed by atoms with Gasteiger partial charge >= 0.3 is 6.03 Å². The van der Waals surface area contributed by atoms with Crippen molar-refractivity contribution >= 4 is 34.9 Å². The maximum atomic E-state index is 13.0. The monoisotopic (exact) mass is 384 g/mol. The topological polar surface area (TPSA) is 81.8 Å². The van der Waals surface area contributed by atoms with Crippen molar-refractivity contribution in [1.82, 2.24) is 5.32 Å². The maximum absolute atomic E-state index is 13.0. The molecule has 146 valence electrons. The second-order valence-corrected chi connectivity index (χ2v) is 6.34. The van der Waals surface area contributed by atoms with E-state index in [4.69, 9.17) is 0 Å². The zero-order chi connectivity index (χ0) is 20.1. The minimum absolute atomic E-state index is 0.108. The van der Waals surface area contributed by atoms with Crippen LogP contribution in [0.2, 0.25) is 0 Å². The molecule has 2 aromatic rings. The molecule has 3 rings (SSSR count). The van der Waals surface area contributed by atoms with Crippen molar-refractivity contribution in [3.63, 3.8) is 0 Å². The van der Waals surface area contributed by atoms with E-state index in [0.717, 1.165) is 6.42 Å². The summed E-state index contributed by atoms with van der Waals surface area (Å²) in [5.41, 5.74) is 1.42. The summed E-state index contributed by atoms with van der Waals surface area (Å²) in [6.45, 7) is 2.17. The number of rotatable bonds is 5. The first-order valence-electron chi connectivity index (χ1n) is 8.99. The Morgan fingerprint density at radius 1 is 1.07 bits per heavy atom. The molecule has 0 aromatic heterocycles. The van der Waals surface area contributed by atoms with Gasteiger partial charge in [0.15, 0.2) is 0 Å². The van der Waals surface area contributed by atoms with Crippen LogP contribution in [0.3, 0.4) is 0 Å². The number of benzene rings is 2. The van der Waals surface area contributed by atoms with Crippen LogP contribution in [0.5, 0.6) is 0 Å². The highest BCUT2D eigenvalue weighted by molar-refractivity contribution is 6.14. The van der Waals surface area contributed by atoms with E-state index in [0.29, 0.717) is 23.6 Å². The highest BCUT2D eigenvalue weighted by Gasteiger charge is 2.33. The first-order valence-corrected chi connectivity index (χ1v) is 8.99. The predicted octanol–water partition coefficient (Wildman–Crippen LogP) is 2.74. The van der Waals surface area contributed by atoms with Gasteiger partial charge in [0.1, 0.15) is 18.9 Å². The van der Waals surface area contributed by atoms with E-state index in [1.54, 1.807) is 24.3 Å². The Bertz CT molecular complexity index is 885. The Hall–Kier alpha value is -3.42. The van der Waals surface area contributed by atoms with Gasteiger partial charge in [-0.2, -0.15) is 0 Å². The minimum Gasteiger partial charge on any atom is -0.355 e. The SMILES string of the molecule is CCCNC(=O)CN1C(=O)CN(C(=O)Nc2ccc(F)cc2)c2ccccc21. The molecular formula is C20H21FN4O3. The average Bonchev–Trinajstić information content (AvgIpc) is 2.70. The second kappa shape index (κ2) is 8.51. The molecule has 2 aromatic carbocycles. The lowest BCUT2D eigenvalue weighted by Crippen LogP contribution is -2.52. The molecule has 7 nitrogen and oxygen atoms in total. The van der Waals surface area contributed by atoms with Gasteiger partial charge in [0.2, 0.25) is 11.8 Å². The fourth-order valence-corrected chi connectivity index (χ4v) is 2.90. The molecule has 0 spiro atoms. The minimum atomic E-state index is -0.512. The zero-order valence-electron chi connectivity index (χ0n) is 15.4. The Kier molecular flexibility index (Phi) is 5.88. The van der Waals surface area contributed by atoms with Crippen LogP contribution in [-0.4, -0.2) is 37.5 Å². The fourth-order valence-electron chi connectivity index (χ4n) is 2.90. The third-order valence-corrected chi connectivity index (χ3v) is 4.27. The van der Waals surface area contributed by atoms with Gasteiger partial charge in [-0.3, -0.25) is 19.4 Å². The largest absolute Gasteiger partial charge is 0.355 e. The summed E-state index contributed by atoms with van der Waals surface area (Å²) in [4.78, 5) is 40.1. The molecule has 8 heteroatoms. The number of hydrogen-bond donors (Lipinski definition) is 2. The van der Waals surface area contributed by atoms with E-state index >= 15 is 0 Å². The van der Waals surface area contributed by atoms with Gasteiger partial charge in [-0.05, 0) is 42.8 Å². The number of halogens is 1. The normalized spacial score (nSPS) is 13.1.